The van der Waals surface area contributed by atoms with E-state index in [2.05, 4.69) is 25.3 Å². The first-order chi connectivity index (χ1) is 15.2. The molecule has 0 aliphatic carbocycles. The molecule has 9 heteroatoms. The average Bonchev–Trinajstić information content (AvgIpc) is 3.55. The van der Waals surface area contributed by atoms with Crippen LogP contribution in [0.3, 0.4) is 0 Å². The van der Waals surface area contributed by atoms with Crippen LogP contribution in [0.1, 0.15) is 30.9 Å². The van der Waals surface area contributed by atoms with Gasteiger partial charge < -0.3 is 9.32 Å². The summed E-state index contributed by atoms with van der Waals surface area (Å²) in [6.45, 7) is 3.95. The van der Waals surface area contributed by atoms with Crippen molar-refractivity contribution >= 4 is 29.3 Å². The minimum atomic E-state index is -0.109. The Morgan fingerprint density at radius 3 is 2.45 bits per heavy atom. The topological polar surface area (TPSA) is 72.9 Å². The van der Waals surface area contributed by atoms with Crippen molar-refractivity contribution in [2.75, 3.05) is 18.0 Å². The van der Waals surface area contributed by atoms with Crippen LogP contribution < -0.4 is 4.90 Å². The van der Waals surface area contributed by atoms with E-state index in [0.717, 1.165) is 48.3 Å². The predicted molar refractivity (Wildman–Crippen MR) is 122 cm³/mol. The van der Waals surface area contributed by atoms with Gasteiger partial charge in [0.25, 0.3) is 0 Å². The molecule has 0 radical (unpaired) electrons. The van der Waals surface area contributed by atoms with E-state index in [-0.39, 0.29) is 5.25 Å². The van der Waals surface area contributed by atoms with Gasteiger partial charge in [0.15, 0.2) is 5.16 Å². The molecular formula is C22H21ClN6OS. The third-order valence-corrected chi connectivity index (χ3v) is 6.54. The van der Waals surface area contributed by atoms with Crippen molar-refractivity contribution in [2.45, 2.75) is 30.2 Å². The highest BCUT2D eigenvalue weighted by atomic mass is 35.5. The van der Waals surface area contributed by atoms with E-state index < -0.39 is 0 Å². The number of aromatic nitrogens is 5. The summed E-state index contributed by atoms with van der Waals surface area (Å²) in [4.78, 5) is 2.26. The van der Waals surface area contributed by atoms with Crippen molar-refractivity contribution in [3.05, 3.63) is 65.5 Å². The van der Waals surface area contributed by atoms with Crippen molar-refractivity contribution in [1.29, 1.82) is 0 Å². The van der Waals surface area contributed by atoms with E-state index in [9.17, 15) is 0 Å². The van der Waals surface area contributed by atoms with Gasteiger partial charge in [-0.2, -0.15) is 0 Å². The van der Waals surface area contributed by atoms with Crippen molar-refractivity contribution in [1.82, 2.24) is 25.0 Å². The Bertz CT molecular complexity index is 1170. The lowest BCUT2D eigenvalue weighted by molar-refractivity contribution is 0.509. The van der Waals surface area contributed by atoms with Crippen molar-refractivity contribution in [3.8, 4) is 17.1 Å². The van der Waals surface area contributed by atoms with Crippen molar-refractivity contribution in [3.63, 3.8) is 0 Å². The summed E-state index contributed by atoms with van der Waals surface area (Å²) in [6.07, 6.45) is 2.30. The molecule has 1 saturated heterocycles. The number of anilines is 1. The minimum absolute atomic E-state index is 0.109. The Balaban J connectivity index is 1.47. The molecule has 158 valence electrons. The highest BCUT2D eigenvalue weighted by molar-refractivity contribution is 7.99. The Morgan fingerprint density at radius 1 is 0.935 bits per heavy atom. The van der Waals surface area contributed by atoms with Crippen molar-refractivity contribution < 1.29 is 4.42 Å². The second kappa shape index (κ2) is 8.72. The monoisotopic (exact) mass is 452 g/mol. The molecule has 0 spiro atoms. The summed E-state index contributed by atoms with van der Waals surface area (Å²) in [5.41, 5.74) is 1.76. The Labute approximate surface area is 189 Å². The number of nitrogens with zero attached hydrogens (tertiary/aromatic N) is 6. The van der Waals surface area contributed by atoms with Crippen LogP contribution in [-0.4, -0.2) is 38.1 Å². The summed E-state index contributed by atoms with van der Waals surface area (Å²) in [6, 6.07) is 17.5. The van der Waals surface area contributed by atoms with Gasteiger partial charge in [-0.25, -0.2) is 0 Å². The molecule has 0 saturated carbocycles. The fourth-order valence-electron chi connectivity index (χ4n) is 3.61. The first-order valence-corrected chi connectivity index (χ1v) is 11.5. The number of rotatable bonds is 6. The zero-order chi connectivity index (χ0) is 21.2. The van der Waals surface area contributed by atoms with Crippen LogP contribution in [0, 0.1) is 0 Å². The molecule has 1 aliphatic rings. The zero-order valence-corrected chi connectivity index (χ0v) is 18.6. The fourth-order valence-corrected chi connectivity index (χ4v) is 4.72. The first kappa shape index (κ1) is 20.1. The molecule has 0 unspecified atom stereocenters. The van der Waals surface area contributed by atoms with Crippen LogP contribution >= 0.6 is 23.4 Å². The lowest BCUT2D eigenvalue weighted by atomic mass is 10.2. The lowest BCUT2D eigenvalue weighted by Crippen LogP contribution is -2.22. The number of thioether (sulfide) groups is 1. The molecule has 5 rings (SSSR count). The summed E-state index contributed by atoms with van der Waals surface area (Å²) < 4.78 is 7.97. The van der Waals surface area contributed by atoms with Gasteiger partial charge in [-0.05, 0) is 44.0 Å². The Morgan fingerprint density at radius 2 is 1.68 bits per heavy atom. The molecule has 0 N–H and O–H groups in total. The van der Waals surface area contributed by atoms with Crippen LogP contribution in [0.15, 0.2) is 64.2 Å². The van der Waals surface area contributed by atoms with E-state index in [1.807, 2.05) is 66.1 Å². The van der Waals surface area contributed by atoms with Crippen LogP contribution in [0.5, 0.6) is 0 Å². The molecule has 2 aromatic carbocycles. The largest absolute Gasteiger partial charge is 0.419 e. The molecule has 31 heavy (non-hydrogen) atoms. The van der Waals surface area contributed by atoms with Crippen LogP contribution in [0.25, 0.3) is 17.1 Å². The molecule has 1 fully saturated rings. The first-order valence-electron chi connectivity index (χ1n) is 10.2. The molecule has 4 aromatic rings. The van der Waals surface area contributed by atoms with Gasteiger partial charge in [0, 0.05) is 18.7 Å². The van der Waals surface area contributed by atoms with Gasteiger partial charge in [0.05, 0.1) is 16.0 Å². The minimum Gasteiger partial charge on any atom is -0.419 e. The smallest absolute Gasteiger partial charge is 0.247 e. The van der Waals surface area contributed by atoms with Gasteiger partial charge in [-0.3, -0.25) is 4.57 Å². The second-order valence-corrected chi connectivity index (χ2v) is 9.05. The molecule has 0 bridgehead atoms. The normalized spacial score (nSPS) is 14.8. The van der Waals surface area contributed by atoms with Gasteiger partial charge in [0.2, 0.25) is 17.7 Å². The molecule has 1 atom stereocenters. The van der Waals surface area contributed by atoms with Gasteiger partial charge in [-0.15, -0.1) is 20.4 Å². The van der Waals surface area contributed by atoms with Crippen LogP contribution in [-0.2, 0) is 0 Å². The lowest BCUT2D eigenvalue weighted by Gasteiger charge is -2.19. The molecule has 7 nitrogen and oxygen atoms in total. The number of halogens is 1. The summed E-state index contributed by atoms with van der Waals surface area (Å²) in [5, 5.41) is 18.8. The van der Waals surface area contributed by atoms with Crippen LogP contribution in [0.4, 0.5) is 5.95 Å². The third kappa shape index (κ3) is 4.05. The SMILES string of the molecule is C[C@H](Sc1nnc(N2CCCC2)n1-c1ccccc1Cl)c1nnc(-c2ccccc2)o1. The summed E-state index contributed by atoms with van der Waals surface area (Å²) in [7, 11) is 0. The highest BCUT2D eigenvalue weighted by Crippen LogP contribution is 2.38. The maximum atomic E-state index is 6.55. The van der Waals surface area contributed by atoms with E-state index in [1.54, 1.807) is 0 Å². The van der Waals surface area contributed by atoms with Gasteiger partial charge in [0.1, 0.15) is 0 Å². The number of hydrogen-bond acceptors (Lipinski definition) is 7. The standard InChI is InChI=1S/C22H21ClN6OS/c1-15(19-24-25-20(30-19)16-9-3-2-4-10-16)31-22-27-26-21(28-13-7-8-14-28)29(22)18-12-6-5-11-17(18)23/h2-6,9-12,15H,7-8,13-14H2,1H3/t15-/m0/s1. The average molecular weight is 453 g/mol. The number of benzene rings is 2. The number of para-hydroxylation sites is 1. The van der Waals surface area contributed by atoms with E-state index in [1.165, 1.54) is 11.8 Å². The summed E-state index contributed by atoms with van der Waals surface area (Å²) in [5.74, 6) is 1.87. The quantitative estimate of drug-likeness (QED) is 0.361. The van der Waals surface area contributed by atoms with Crippen molar-refractivity contribution in [2.24, 2.45) is 0 Å². The third-order valence-electron chi connectivity index (χ3n) is 5.19. The highest BCUT2D eigenvalue weighted by Gasteiger charge is 2.26. The zero-order valence-electron chi connectivity index (χ0n) is 17.0. The molecule has 0 amide bonds. The molecule has 3 heterocycles. The Hall–Kier alpha value is -2.84. The van der Waals surface area contributed by atoms with Gasteiger partial charge in [-0.1, -0.05) is 53.7 Å². The molecule has 1 aliphatic heterocycles. The predicted octanol–water partition coefficient (Wildman–Crippen LogP) is 5.42. The summed E-state index contributed by atoms with van der Waals surface area (Å²) >= 11 is 8.07. The molecule has 2 aromatic heterocycles. The fraction of sp³-hybridized carbons (Fsp3) is 0.273. The van der Waals surface area contributed by atoms with E-state index >= 15 is 0 Å². The Kier molecular flexibility index (Phi) is 5.65. The maximum Gasteiger partial charge on any atom is 0.247 e. The number of hydrogen-bond donors (Lipinski definition) is 0. The van der Waals surface area contributed by atoms with Gasteiger partial charge >= 0.3 is 0 Å². The molecular weight excluding hydrogens is 432 g/mol. The maximum absolute atomic E-state index is 6.55. The van der Waals surface area contributed by atoms with E-state index in [4.69, 9.17) is 16.0 Å². The second-order valence-electron chi connectivity index (χ2n) is 7.34. The van der Waals surface area contributed by atoms with E-state index in [0.29, 0.717) is 16.8 Å². The van der Waals surface area contributed by atoms with Crippen LogP contribution in [0.2, 0.25) is 5.02 Å².